The average molecular weight is 268 g/mol. The van der Waals surface area contributed by atoms with Gasteiger partial charge >= 0.3 is 0 Å². The van der Waals surface area contributed by atoms with E-state index in [1.165, 1.54) is 15.6 Å². The van der Waals surface area contributed by atoms with Gasteiger partial charge in [-0.25, -0.2) is 0 Å². The smallest absolute Gasteiger partial charge is 0.0331 e. The van der Waals surface area contributed by atoms with E-state index in [1.54, 1.807) is 0 Å². The van der Waals surface area contributed by atoms with E-state index in [9.17, 15) is 0 Å². The van der Waals surface area contributed by atoms with Crippen molar-refractivity contribution >= 4 is 15.9 Å². The highest BCUT2D eigenvalue weighted by Crippen LogP contribution is 2.26. The maximum absolute atomic E-state index is 3.94. The summed E-state index contributed by atoms with van der Waals surface area (Å²) in [6.07, 6.45) is 2.15. The lowest BCUT2D eigenvalue weighted by Crippen LogP contribution is -2.16. The average Bonchev–Trinajstić information content (AvgIpc) is 2.21. The van der Waals surface area contributed by atoms with Crippen molar-refractivity contribution in [3.63, 3.8) is 0 Å². The number of benzene rings is 1. The molecule has 0 saturated carbocycles. The molecule has 0 fully saturated rings. The van der Waals surface area contributed by atoms with Crippen molar-refractivity contribution in [1.29, 1.82) is 0 Å². The minimum absolute atomic E-state index is 0.400. The molecular weight excluding hydrogens is 250 g/mol. The van der Waals surface area contributed by atoms with E-state index in [-0.39, 0.29) is 0 Å². The highest BCUT2D eigenvalue weighted by atomic mass is 79.9. The number of hydrogen-bond donors (Lipinski definition) is 1. The minimum atomic E-state index is 0.400. The molecule has 0 saturated heterocycles. The third-order valence-corrected chi connectivity index (χ3v) is 3.21. The molecule has 0 radical (unpaired) electrons. The minimum Gasteiger partial charge on any atom is -0.313 e. The fourth-order valence-electron chi connectivity index (χ4n) is 1.60. The van der Waals surface area contributed by atoms with Crippen LogP contribution in [-0.4, -0.2) is 7.05 Å². The maximum Gasteiger partial charge on any atom is 0.0331 e. The largest absolute Gasteiger partial charge is 0.313 e. The predicted octanol–water partition coefficient (Wildman–Crippen LogP) is 4.07. The van der Waals surface area contributed by atoms with Gasteiger partial charge < -0.3 is 5.32 Å². The quantitative estimate of drug-likeness (QED) is 0.794. The summed E-state index contributed by atoms with van der Waals surface area (Å²) in [4.78, 5) is 0. The molecule has 1 N–H and O–H groups in total. The fraction of sp³-hybridized carbons (Fsp3) is 0.385. The molecule has 0 aromatic heterocycles. The molecule has 1 aromatic rings. The first kappa shape index (κ1) is 12.5. The molecule has 1 unspecified atom stereocenters. The predicted molar refractivity (Wildman–Crippen MR) is 70.0 cm³/mol. The van der Waals surface area contributed by atoms with Gasteiger partial charge in [0.05, 0.1) is 0 Å². The molecule has 0 bridgehead atoms. The Balaban J connectivity index is 2.74. The van der Waals surface area contributed by atoms with E-state index in [1.807, 2.05) is 13.1 Å². The summed E-state index contributed by atoms with van der Waals surface area (Å²) in [7, 11) is 2.00. The van der Waals surface area contributed by atoms with E-state index in [4.69, 9.17) is 0 Å². The van der Waals surface area contributed by atoms with Crippen LogP contribution in [0.25, 0.3) is 0 Å². The van der Waals surface area contributed by atoms with E-state index in [2.05, 4.69) is 52.9 Å². The lowest BCUT2D eigenvalue weighted by molar-refractivity contribution is 0.546. The SMILES string of the molecule is C=C(C)CCC(NC)c1ccccc1Br. The van der Waals surface area contributed by atoms with Gasteiger partial charge in [0.25, 0.3) is 0 Å². The van der Waals surface area contributed by atoms with Crippen molar-refractivity contribution < 1.29 is 0 Å². The summed E-state index contributed by atoms with van der Waals surface area (Å²) >= 11 is 3.58. The molecule has 0 spiro atoms. The summed E-state index contributed by atoms with van der Waals surface area (Å²) in [5, 5.41) is 3.34. The summed E-state index contributed by atoms with van der Waals surface area (Å²) < 4.78 is 1.17. The number of hydrogen-bond acceptors (Lipinski definition) is 1. The summed E-state index contributed by atoms with van der Waals surface area (Å²) in [5.74, 6) is 0. The van der Waals surface area contributed by atoms with Gasteiger partial charge in [-0.05, 0) is 38.4 Å². The molecular formula is C13H18BrN. The molecule has 1 rings (SSSR count). The van der Waals surface area contributed by atoms with Crippen LogP contribution in [0.4, 0.5) is 0 Å². The van der Waals surface area contributed by atoms with E-state index >= 15 is 0 Å². The van der Waals surface area contributed by atoms with Gasteiger partial charge in [-0.15, -0.1) is 6.58 Å². The molecule has 1 nitrogen and oxygen atoms in total. The summed E-state index contributed by atoms with van der Waals surface area (Å²) in [5.41, 5.74) is 2.56. The van der Waals surface area contributed by atoms with Crippen LogP contribution in [0.15, 0.2) is 40.9 Å². The molecule has 0 amide bonds. The van der Waals surface area contributed by atoms with Gasteiger partial charge in [-0.3, -0.25) is 0 Å². The van der Waals surface area contributed by atoms with Gasteiger partial charge in [0.1, 0.15) is 0 Å². The van der Waals surface area contributed by atoms with Crippen LogP contribution in [0.5, 0.6) is 0 Å². The topological polar surface area (TPSA) is 12.0 Å². The second-order valence-corrected chi connectivity index (χ2v) is 4.71. The number of rotatable bonds is 5. The van der Waals surface area contributed by atoms with Crippen LogP contribution < -0.4 is 5.32 Å². The Morgan fingerprint density at radius 2 is 2.13 bits per heavy atom. The van der Waals surface area contributed by atoms with Crippen molar-refractivity contribution in [2.75, 3.05) is 7.05 Å². The monoisotopic (exact) mass is 267 g/mol. The van der Waals surface area contributed by atoms with Gasteiger partial charge in [0.15, 0.2) is 0 Å². The molecule has 0 aliphatic rings. The second kappa shape index (κ2) is 6.09. The molecule has 15 heavy (non-hydrogen) atoms. The van der Waals surface area contributed by atoms with Crippen molar-refractivity contribution in [1.82, 2.24) is 5.32 Å². The molecule has 0 aliphatic heterocycles. The first-order valence-electron chi connectivity index (χ1n) is 5.21. The van der Waals surface area contributed by atoms with Crippen molar-refractivity contribution in [3.05, 3.63) is 46.5 Å². The number of halogens is 1. The third-order valence-electron chi connectivity index (χ3n) is 2.49. The Hall–Kier alpha value is -0.600. The summed E-state index contributed by atoms with van der Waals surface area (Å²) in [6, 6.07) is 8.76. The number of allylic oxidation sites excluding steroid dienone is 1. The van der Waals surface area contributed by atoms with Crippen molar-refractivity contribution in [2.45, 2.75) is 25.8 Å². The molecule has 1 atom stereocenters. The first-order chi connectivity index (χ1) is 7.15. The first-order valence-corrected chi connectivity index (χ1v) is 6.00. The van der Waals surface area contributed by atoms with Crippen LogP contribution in [0, 0.1) is 0 Å². The van der Waals surface area contributed by atoms with Gasteiger partial charge in [-0.2, -0.15) is 0 Å². The standard InChI is InChI=1S/C13H18BrN/c1-10(2)8-9-13(15-3)11-6-4-5-7-12(11)14/h4-7,13,15H,1,8-9H2,2-3H3. The Labute approximate surface area is 101 Å². The lowest BCUT2D eigenvalue weighted by atomic mass is 10.0. The Morgan fingerprint density at radius 3 is 2.67 bits per heavy atom. The van der Waals surface area contributed by atoms with Crippen molar-refractivity contribution in [3.8, 4) is 0 Å². The highest BCUT2D eigenvalue weighted by Gasteiger charge is 2.11. The van der Waals surface area contributed by atoms with Crippen LogP contribution in [0.2, 0.25) is 0 Å². The molecule has 2 heteroatoms. The van der Waals surface area contributed by atoms with Gasteiger partial charge in [0.2, 0.25) is 0 Å². The maximum atomic E-state index is 3.94. The fourth-order valence-corrected chi connectivity index (χ4v) is 2.16. The normalized spacial score (nSPS) is 12.5. The zero-order valence-electron chi connectivity index (χ0n) is 9.39. The Bertz CT molecular complexity index is 333. The third kappa shape index (κ3) is 3.80. The zero-order chi connectivity index (χ0) is 11.3. The van der Waals surface area contributed by atoms with Crippen molar-refractivity contribution in [2.24, 2.45) is 0 Å². The van der Waals surface area contributed by atoms with Crippen LogP contribution in [0.3, 0.4) is 0 Å². The number of nitrogens with one attached hydrogen (secondary N) is 1. The van der Waals surface area contributed by atoms with Crippen LogP contribution in [0.1, 0.15) is 31.4 Å². The molecule has 0 heterocycles. The summed E-state index contributed by atoms with van der Waals surface area (Å²) in [6.45, 7) is 6.01. The Morgan fingerprint density at radius 1 is 1.47 bits per heavy atom. The van der Waals surface area contributed by atoms with Gasteiger partial charge in [-0.1, -0.05) is 39.7 Å². The van der Waals surface area contributed by atoms with Crippen LogP contribution >= 0.6 is 15.9 Å². The van der Waals surface area contributed by atoms with Crippen LogP contribution in [-0.2, 0) is 0 Å². The van der Waals surface area contributed by atoms with E-state index in [0.717, 1.165) is 12.8 Å². The van der Waals surface area contributed by atoms with E-state index < -0.39 is 0 Å². The zero-order valence-corrected chi connectivity index (χ0v) is 11.0. The second-order valence-electron chi connectivity index (χ2n) is 3.86. The van der Waals surface area contributed by atoms with E-state index in [0.29, 0.717) is 6.04 Å². The highest BCUT2D eigenvalue weighted by molar-refractivity contribution is 9.10. The molecule has 1 aromatic carbocycles. The lowest BCUT2D eigenvalue weighted by Gasteiger charge is -2.18. The molecule has 0 aliphatic carbocycles. The molecule has 82 valence electrons. The Kier molecular flexibility index (Phi) is 5.06. The van der Waals surface area contributed by atoms with Gasteiger partial charge in [0, 0.05) is 10.5 Å².